The molecule has 0 saturated heterocycles. The first-order valence-corrected chi connectivity index (χ1v) is 6.48. The molecule has 0 aliphatic rings. The summed E-state index contributed by atoms with van der Waals surface area (Å²) in [7, 11) is 0. The van der Waals surface area contributed by atoms with E-state index in [2.05, 4.69) is 51.8 Å². The van der Waals surface area contributed by atoms with Crippen LogP contribution in [-0.4, -0.2) is 23.1 Å². The van der Waals surface area contributed by atoms with Gasteiger partial charge in [0.05, 0.1) is 17.6 Å². The summed E-state index contributed by atoms with van der Waals surface area (Å²) in [5.41, 5.74) is 7.52. The monoisotopic (exact) mass is 250 g/mol. The van der Waals surface area contributed by atoms with Crippen molar-refractivity contribution >= 4 is 5.69 Å². The summed E-state index contributed by atoms with van der Waals surface area (Å²) in [6, 6.07) is 0. The molecule has 0 atom stereocenters. The third-order valence-electron chi connectivity index (χ3n) is 2.63. The van der Waals surface area contributed by atoms with E-state index in [-0.39, 0.29) is 10.8 Å². The summed E-state index contributed by atoms with van der Waals surface area (Å²) >= 11 is 0. The molecule has 18 heavy (non-hydrogen) atoms. The van der Waals surface area contributed by atoms with Crippen molar-refractivity contribution in [3.63, 3.8) is 0 Å². The van der Waals surface area contributed by atoms with E-state index in [9.17, 15) is 0 Å². The Morgan fingerprint density at radius 3 is 2.17 bits per heavy atom. The first kappa shape index (κ1) is 14.9. The van der Waals surface area contributed by atoms with Gasteiger partial charge in [-0.15, -0.1) is 0 Å². The lowest BCUT2D eigenvalue weighted by atomic mass is 9.89. The second kappa shape index (κ2) is 5.22. The Kier molecular flexibility index (Phi) is 4.32. The van der Waals surface area contributed by atoms with Crippen LogP contribution in [0.25, 0.3) is 0 Å². The van der Waals surface area contributed by atoms with Crippen molar-refractivity contribution in [3.8, 4) is 0 Å². The number of aromatic nitrogens is 2. The highest BCUT2D eigenvalue weighted by Gasteiger charge is 2.24. The number of hydrogen-bond acceptors (Lipinski definition) is 4. The number of rotatable bonds is 3. The van der Waals surface area contributed by atoms with Crippen molar-refractivity contribution in [1.82, 2.24) is 9.97 Å². The second-order valence-corrected chi connectivity index (χ2v) is 6.67. The molecule has 3 N–H and O–H groups in total. The van der Waals surface area contributed by atoms with E-state index in [1.54, 1.807) is 0 Å². The molecule has 0 amide bonds. The first-order valence-electron chi connectivity index (χ1n) is 6.48. The van der Waals surface area contributed by atoms with Gasteiger partial charge in [-0.25, -0.2) is 9.97 Å². The number of hydrogen-bond donors (Lipinski definition) is 2. The van der Waals surface area contributed by atoms with Crippen LogP contribution in [0.1, 0.15) is 53.1 Å². The summed E-state index contributed by atoms with van der Waals surface area (Å²) in [6.07, 6.45) is 1.88. The fourth-order valence-electron chi connectivity index (χ4n) is 1.65. The number of nitrogens with one attached hydrogen (secondary N) is 1. The standard InChI is InChI=1S/C14H26N4/c1-13(2,3)11-10(16-8-7-15)9-17-12(18-11)14(4,5)6/h9,16H,7-8,15H2,1-6H3. The fraction of sp³-hybridized carbons (Fsp3) is 0.714. The van der Waals surface area contributed by atoms with Crippen LogP contribution >= 0.6 is 0 Å². The molecule has 0 radical (unpaired) electrons. The van der Waals surface area contributed by atoms with Gasteiger partial charge in [-0.05, 0) is 0 Å². The van der Waals surface area contributed by atoms with E-state index in [0.717, 1.165) is 23.8 Å². The van der Waals surface area contributed by atoms with Crippen LogP contribution in [0, 0.1) is 0 Å². The number of anilines is 1. The number of nitrogens with two attached hydrogens (primary N) is 1. The highest BCUT2D eigenvalue weighted by atomic mass is 15.0. The first-order chi connectivity index (χ1) is 8.16. The number of nitrogens with zero attached hydrogens (tertiary/aromatic N) is 2. The van der Waals surface area contributed by atoms with Crippen LogP contribution in [0.15, 0.2) is 6.20 Å². The van der Waals surface area contributed by atoms with E-state index in [0.29, 0.717) is 6.54 Å². The molecule has 0 aliphatic carbocycles. The quantitative estimate of drug-likeness (QED) is 0.865. The summed E-state index contributed by atoms with van der Waals surface area (Å²) in [5.74, 6) is 0.880. The molecule has 4 nitrogen and oxygen atoms in total. The Balaban J connectivity index is 3.21. The normalized spacial score (nSPS) is 12.6. The lowest BCUT2D eigenvalue weighted by Crippen LogP contribution is -2.24. The van der Waals surface area contributed by atoms with Crippen LogP contribution in [-0.2, 0) is 10.8 Å². The SMILES string of the molecule is CC(C)(C)c1ncc(NCCN)c(C(C)(C)C)n1. The Morgan fingerprint density at radius 1 is 1.11 bits per heavy atom. The zero-order valence-corrected chi connectivity index (χ0v) is 12.5. The Bertz CT molecular complexity index is 399. The molecular weight excluding hydrogens is 224 g/mol. The van der Waals surface area contributed by atoms with Gasteiger partial charge in [0, 0.05) is 23.9 Å². The Hall–Kier alpha value is -1.16. The summed E-state index contributed by atoms with van der Waals surface area (Å²) in [6.45, 7) is 14.2. The smallest absolute Gasteiger partial charge is 0.134 e. The predicted octanol–water partition coefficient (Wildman–Crippen LogP) is 2.44. The van der Waals surface area contributed by atoms with Crippen LogP contribution < -0.4 is 11.1 Å². The van der Waals surface area contributed by atoms with E-state index in [1.807, 2.05) is 6.20 Å². The zero-order chi connectivity index (χ0) is 14.0. The lowest BCUT2D eigenvalue weighted by molar-refractivity contribution is 0.514. The van der Waals surface area contributed by atoms with Gasteiger partial charge < -0.3 is 11.1 Å². The molecule has 1 aromatic heterocycles. The molecular formula is C14H26N4. The average Bonchev–Trinajstić information content (AvgIpc) is 2.23. The fourth-order valence-corrected chi connectivity index (χ4v) is 1.65. The Labute approximate surface area is 110 Å². The maximum atomic E-state index is 5.53. The van der Waals surface area contributed by atoms with Crippen molar-refractivity contribution in [3.05, 3.63) is 17.7 Å². The molecule has 0 aliphatic heterocycles. The van der Waals surface area contributed by atoms with Crippen molar-refractivity contribution < 1.29 is 0 Å². The van der Waals surface area contributed by atoms with Crippen LogP contribution in [0.3, 0.4) is 0 Å². The van der Waals surface area contributed by atoms with Gasteiger partial charge in [0.1, 0.15) is 5.82 Å². The van der Waals surface area contributed by atoms with E-state index >= 15 is 0 Å². The van der Waals surface area contributed by atoms with Crippen molar-refractivity contribution in [2.45, 2.75) is 52.4 Å². The highest BCUT2D eigenvalue weighted by Crippen LogP contribution is 2.29. The maximum absolute atomic E-state index is 5.53. The largest absolute Gasteiger partial charge is 0.381 e. The highest BCUT2D eigenvalue weighted by molar-refractivity contribution is 5.49. The molecule has 4 heteroatoms. The van der Waals surface area contributed by atoms with Crippen LogP contribution in [0.4, 0.5) is 5.69 Å². The third-order valence-corrected chi connectivity index (χ3v) is 2.63. The lowest BCUT2D eigenvalue weighted by Gasteiger charge is -2.25. The van der Waals surface area contributed by atoms with Crippen molar-refractivity contribution in [2.75, 3.05) is 18.4 Å². The molecule has 0 bridgehead atoms. The Morgan fingerprint density at radius 2 is 1.72 bits per heavy atom. The summed E-state index contributed by atoms with van der Waals surface area (Å²) < 4.78 is 0. The van der Waals surface area contributed by atoms with Crippen LogP contribution in [0.2, 0.25) is 0 Å². The minimum absolute atomic E-state index is 0.0140. The molecule has 0 saturated carbocycles. The third kappa shape index (κ3) is 3.67. The summed E-state index contributed by atoms with van der Waals surface area (Å²) in [4.78, 5) is 9.22. The van der Waals surface area contributed by atoms with Gasteiger partial charge in [-0.1, -0.05) is 41.5 Å². The molecule has 0 spiro atoms. The van der Waals surface area contributed by atoms with Gasteiger partial charge in [-0.2, -0.15) is 0 Å². The van der Waals surface area contributed by atoms with Gasteiger partial charge in [-0.3, -0.25) is 0 Å². The molecule has 1 rings (SSSR count). The molecule has 102 valence electrons. The van der Waals surface area contributed by atoms with E-state index < -0.39 is 0 Å². The van der Waals surface area contributed by atoms with Gasteiger partial charge >= 0.3 is 0 Å². The van der Waals surface area contributed by atoms with E-state index in [1.165, 1.54) is 0 Å². The molecule has 0 fully saturated rings. The molecule has 0 aromatic carbocycles. The van der Waals surface area contributed by atoms with Crippen molar-refractivity contribution in [2.24, 2.45) is 5.73 Å². The summed E-state index contributed by atoms with van der Waals surface area (Å²) in [5, 5.41) is 3.30. The molecule has 1 aromatic rings. The van der Waals surface area contributed by atoms with Crippen molar-refractivity contribution in [1.29, 1.82) is 0 Å². The maximum Gasteiger partial charge on any atom is 0.134 e. The van der Waals surface area contributed by atoms with Gasteiger partial charge in [0.15, 0.2) is 0 Å². The molecule has 0 unspecified atom stereocenters. The average molecular weight is 250 g/mol. The van der Waals surface area contributed by atoms with Crippen LogP contribution in [0.5, 0.6) is 0 Å². The zero-order valence-electron chi connectivity index (χ0n) is 12.5. The topological polar surface area (TPSA) is 63.8 Å². The molecule has 1 heterocycles. The minimum atomic E-state index is -0.0353. The van der Waals surface area contributed by atoms with Gasteiger partial charge in [0.2, 0.25) is 0 Å². The minimum Gasteiger partial charge on any atom is -0.381 e. The second-order valence-electron chi connectivity index (χ2n) is 6.67. The van der Waals surface area contributed by atoms with Gasteiger partial charge in [0.25, 0.3) is 0 Å². The predicted molar refractivity (Wildman–Crippen MR) is 77.0 cm³/mol. The van der Waals surface area contributed by atoms with E-state index in [4.69, 9.17) is 10.7 Å².